The first kappa shape index (κ1) is 13.4. The molecule has 2 heteroatoms. The quantitative estimate of drug-likeness (QED) is 0.748. The van der Waals surface area contributed by atoms with E-state index in [0.717, 1.165) is 5.92 Å². The van der Waals surface area contributed by atoms with E-state index in [2.05, 4.69) is 18.7 Å². The second-order valence-corrected chi connectivity index (χ2v) is 6.61. The van der Waals surface area contributed by atoms with Gasteiger partial charge in [0.25, 0.3) is 0 Å². The van der Waals surface area contributed by atoms with Crippen LogP contribution < -0.4 is 0 Å². The highest BCUT2D eigenvalue weighted by molar-refractivity contribution is 4.91. The zero-order chi connectivity index (χ0) is 12.3. The van der Waals surface area contributed by atoms with Gasteiger partial charge in [0.15, 0.2) is 0 Å². The predicted octanol–water partition coefficient (Wildman–Crippen LogP) is 3.46. The number of ether oxygens (including phenoxy) is 1. The molecule has 1 aliphatic heterocycles. The van der Waals surface area contributed by atoms with Gasteiger partial charge in [0, 0.05) is 25.7 Å². The Bertz CT molecular complexity index is 233. The number of likely N-dealkylation sites (tertiary alicyclic amines) is 1. The average molecular weight is 239 g/mol. The van der Waals surface area contributed by atoms with Crippen LogP contribution in [-0.4, -0.2) is 36.7 Å². The summed E-state index contributed by atoms with van der Waals surface area (Å²) in [6, 6.07) is 0. The molecule has 0 aromatic carbocycles. The number of piperidine rings is 1. The molecule has 17 heavy (non-hydrogen) atoms. The molecule has 0 spiro atoms. The van der Waals surface area contributed by atoms with Crippen molar-refractivity contribution >= 4 is 0 Å². The monoisotopic (exact) mass is 239 g/mol. The van der Waals surface area contributed by atoms with Crippen LogP contribution >= 0.6 is 0 Å². The lowest BCUT2D eigenvalue weighted by Crippen LogP contribution is -2.53. The maximum atomic E-state index is 5.54. The van der Waals surface area contributed by atoms with Crippen LogP contribution in [0.3, 0.4) is 0 Å². The van der Waals surface area contributed by atoms with Gasteiger partial charge in [-0.3, -0.25) is 4.90 Å². The zero-order valence-electron chi connectivity index (χ0n) is 11.9. The van der Waals surface area contributed by atoms with Gasteiger partial charge in [-0.05, 0) is 45.4 Å². The summed E-state index contributed by atoms with van der Waals surface area (Å²) in [5, 5.41) is 0. The molecule has 1 aliphatic carbocycles. The van der Waals surface area contributed by atoms with Gasteiger partial charge in [0.05, 0.1) is 6.10 Å². The first-order chi connectivity index (χ1) is 8.12. The molecule has 0 bridgehead atoms. The van der Waals surface area contributed by atoms with Crippen molar-refractivity contribution < 1.29 is 4.74 Å². The fourth-order valence-corrected chi connectivity index (χ4v) is 3.61. The minimum absolute atomic E-state index is 0.330. The SMILES string of the molecule is COC1CCN(CC2CCCCC2)C(C)(C)C1. The van der Waals surface area contributed by atoms with Gasteiger partial charge < -0.3 is 4.74 Å². The van der Waals surface area contributed by atoms with E-state index in [0.29, 0.717) is 11.6 Å². The molecule has 1 saturated heterocycles. The third-order valence-electron chi connectivity index (χ3n) is 4.84. The molecule has 2 aliphatic rings. The van der Waals surface area contributed by atoms with Crippen LogP contribution in [0.4, 0.5) is 0 Å². The molecule has 0 amide bonds. The fraction of sp³-hybridized carbons (Fsp3) is 1.00. The molecule has 1 unspecified atom stereocenters. The van der Waals surface area contributed by atoms with Crippen LogP contribution in [0.1, 0.15) is 58.8 Å². The van der Waals surface area contributed by atoms with Gasteiger partial charge in [0.2, 0.25) is 0 Å². The van der Waals surface area contributed by atoms with Crippen LogP contribution in [0.25, 0.3) is 0 Å². The van der Waals surface area contributed by atoms with E-state index in [1.165, 1.54) is 58.0 Å². The standard InChI is InChI=1S/C15H29NO/c1-15(2)11-14(17-3)9-10-16(15)12-13-7-5-4-6-8-13/h13-14H,4-12H2,1-3H3. The lowest BCUT2D eigenvalue weighted by Gasteiger charge is -2.47. The number of rotatable bonds is 3. The highest BCUT2D eigenvalue weighted by Gasteiger charge is 2.35. The molecule has 0 N–H and O–H groups in total. The van der Waals surface area contributed by atoms with Crippen LogP contribution in [0, 0.1) is 5.92 Å². The van der Waals surface area contributed by atoms with Crippen molar-refractivity contribution in [2.24, 2.45) is 5.92 Å². The number of hydrogen-bond acceptors (Lipinski definition) is 2. The maximum absolute atomic E-state index is 5.54. The highest BCUT2D eigenvalue weighted by Crippen LogP contribution is 2.32. The van der Waals surface area contributed by atoms with E-state index < -0.39 is 0 Å². The van der Waals surface area contributed by atoms with Crippen molar-refractivity contribution in [2.45, 2.75) is 70.4 Å². The average Bonchev–Trinajstić information content (AvgIpc) is 2.33. The van der Waals surface area contributed by atoms with E-state index in [-0.39, 0.29) is 0 Å². The second kappa shape index (κ2) is 5.71. The van der Waals surface area contributed by atoms with Crippen molar-refractivity contribution in [3.63, 3.8) is 0 Å². The Hall–Kier alpha value is -0.0800. The lowest BCUT2D eigenvalue weighted by molar-refractivity contribution is -0.0322. The third kappa shape index (κ3) is 3.45. The molecule has 2 fully saturated rings. The van der Waals surface area contributed by atoms with E-state index in [9.17, 15) is 0 Å². The van der Waals surface area contributed by atoms with E-state index in [4.69, 9.17) is 4.74 Å². The maximum Gasteiger partial charge on any atom is 0.0601 e. The molecule has 0 aromatic rings. The predicted molar refractivity (Wildman–Crippen MR) is 72.3 cm³/mol. The fourth-order valence-electron chi connectivity index (χ4n) is 3.61. The smallest absolute Gasteiger partial charge is 0.0601 e. The summed E-state index contributed by atoms with van der Waals surface area (Å²) in [6.45, 7) is 7.33. The minimum Gasteiger partial charge on any atom is -0.381 e. The Morgan fingerprint density at radius 3 is 2.41 bits per heavy atom. The lowest BCUT2D eigenvalue weighted by atomic mass is 9.84. The van der Waals surface area contributed by atoms with Crippen LogP contribution in [0.2, 0.25) is 0 Å². The first-order valence-corrected chi connectivity index (χ1v) is 7.39. The van der Waals surface area contributed by atoms with Crippen molar-refractivity contribution in [1.82, 2.24) is 4.90 Å². The summed E-state index contributed by atoms with van der Waals surface area (Å²) < 4.78 is 5.54. The summed E-state index contributed by atoms with van der Waals surface area (Å²) in [5.74, 6) is 0.960. The Balaban J connectivity index is 1.87. The molecule has 0 aromatic heterocycles. The summed E-state index contributed by atoms with van der Waals surface area (Å²) in [6.07, 6.45) is 10.2. The molecule has 1 saturated carbocycles. The number of hydrogen-bond donors (Lipinski definition) is 0. The Morgan fingerprint density at radius 2 is 1.82 bits per heavy atom. The molecule has 1 atom stereocenters. The Morgan fingerprint density at radius 1 is 1.12 bits per heavy atom. The van der Waals surface area contributed by atoms with E-state index in [1.54, 1.807) is 0 Å². The van der Waals surface area contributed by atoms with Crippen LogP contribution in [-0.2, 0) is 4.74 Å². The van der Waals surface area contributed by atoms with Gasteiger partial charge >= 0.3 is 0 Å². The summed E-state index contributed by atoms with van der Waals surface area (Å²) in [5.41, 5.74) is 0.330. The summed E-state index contributed by atoms with van der Waals surface area (Å²) >= 11 is 0. The van der Waals surface area contributed by atoms with Crippen molar-refractivity contribution in [1.29, 1.82) is 0 Å². The zero-order valence-corrected chi connectivity index (χ0v) is 11.9. The van der Waals surface area contributed by atoms with E-state index in [1.807, 2.05) is 7.11 Å². The van der Waals surface area contributed by atoms with Crippen LogP contribution in [0.5, 0.6) is 0 Å². The Kier molecular flexibility index (Phi) is 4.48. The minimum atomic E-state index is 0.330. The van der Waals surface area contributed by atoms with Gasteiger partial charge in [-0.15, -0.1) is 0 Å². The molecule has 0 radical (unpaired) electrons. The van der Waals surface area contributed by atoms with Crippen molar-refractivity contribution in [2.75, 3.05) is 20.2 Å². The Labute approximate surface area is 107 Å². The second-order valence-electron chi connectivity index (χ2n) is 6.61. The van der Waals surface area contributed by atoms with E-state index >= 15 is 0 Å². The van der Waals surface area contributed by atoms with Crippen molar-refractivity contribution in [3.05, 3.63) is 0 Å². The third-order valence-corrected chi connectivity index (χ3v) is 4.84. The van der Waals surface area contributed by atoms with Gasteiger partial charge in [-0.1, -0.05) is 19.3 Å². The number of methoxy groups -OCH3 is 1. The first-order valence-electron chi connectivity index (χ1n) is 7.39. The molecule has 2 nitrogen and oxygen atoms in total. The highest BCUT2D eigenvalue weighted by atomic mass is 16.5. The largest absolute Gasteiger partial charge is 0.381 e. The summed E-state index contributed by atoms with van der Waals surface area (Å²) in [4.78, 5) is 2.72. The van der Waals surface area contributed by atoms with Gasteiger partial charge in [0.1, 0.15) is 0 Å². The molecule has 100 valence electrons. The molecule has 1 heterocycles. The van der Waals surface area contributed by atoms with Gasteiger partial charge in [-0.2, -0.15) is 0 Å². The normalized spacial score (nSPS) is 31.6. The van der Waals surface area contributed by atoms with Crippen molar-refractivity contribution in [3.8, 4) is 0 Å². The molecular formula is C15H29NO. The number of nitrogens with zero attached hydrogens (tertiary/aromatic N) is 1. The molecule has 2 rings (SSSR count). The summed E-state index contributed by atoms with van der Waals surface area (Å²) in [7, 11) is 1.86. The molecular weight excluding hydrogens is 210 g/mol. The van der Waals surface area contributed by atoms with Crippen LogP contribution in [0.15, 0.2) is 0 Å². The van der Waals surface area contributed by atoms with Gasteiger partial charge in [-0.25, -0.2) is 0 Å². The topological polar surface area (TPSA) is 12.5 Å².